The van der Waals surface area contributed by atoms with E-state index in [1.165, 1.54) is 11.1 Å². The summed E-state index contributed by atoms with van der Waals surface area (Å²) >= 11 is 1.65. The van der Waals surface area contributed by atoms with Crippen LogP contribution in [0.25, 0.3) is 0 Å². The lowest BCUT2D eigenvalue weighted by Crippen LogP contribution is -2.33. The van der Waals surface area contributed by atoms with Crippen molar-refractivity contribution in [1.82, 2.24) is 20.1 Å². The van der Waals surface area contributed by atoms with Crippen LogP contribution in [0.15, 0.2) is 53.7 Å². The fourth-order valence-corrected chi connectivity index (χ4v) is 3.89. The molecule has 1 heterocycles. The minimum atomic E-state index is -0.213. The van der Waals surface area contributed by atoms with E-state index in [0.717, 1.165) is 22.3 Å². The minimum Gasteiger partial charge on any atom is -0.342 e. The summed E-state index contributed by atoms with van der Waals surface area (Å²) in [6, 6.07) is 15.9. The number of nitrogens with one attached hydrogen (secondary N) is 1. The van der Waals surface area contributed by atoms with Crippen molar-refractivity contribution in [3.63, 3.8) is 0 Å². The normalized spacial score (nSPS) is 12.2. The monoisotopic (exact) mass is 408 g/mol. The summed E-state index contributed by atoms with van der Waals surface area (Å²) in [5.74, 6) is 1.68. The van der Waals surface area contributed by atoms with Crippen LogP contribution in [0.2, 0.25) is 0 Å². The molecule has 6 heteroatoms. The molecule has 0 aliphatic rings. The Morgan fingerprint density at radius 1 is 1.00 bits per heavy atom. The molecule has 0 saturated carbocycles. The molecule has 0 radical (unpaired) electrons. The number of nitrogens with zero attached hydrogens (tertiary/aromatic N) is 3. The lowest BCUT2D eigenvalue weighted by atomic mass is 10.0. The Bertz CT molecular complexity index is 962. The predicted molar refractivity (Wildman–Crippen MR) is 118 cm³/mol. The summed E-state index contributed by atoms with van der Waals surface area (Å²) < 4.78 is 1.99. The Balaban J connectivity index is 1.73. The summed E-state index contributed by atoms with van der Waals surface area (Å²) in [4.78, 5) is 12.7. The molecule has 0 aliphatic carbocycles. The quantitative estimate of drug-likeness (QED) is 0.568. The molecule has 0 bridgehead atoms. The molecule has 1 atom stereocenters. The first-order chi connectivity index (χ1) is 13.8. The van der Waals surface area contributed by atoms with E-state index in [4.69, 9.17) is 0 Å². The first-order valence-electron chi connectivity index (χ1n) is 9.80. The number of amides is 1. The molecule has 0 fully saturated rings. The van der Waals surface area contributed by atoms with Crippen LogP contribution in [0, 0.1) is 19.8 Å². The molecule has 152 valence electrons. The number of hydrogen-bond acceptors (Lipinski definition) is 4. The number of carbonyl (C=O) groups is 1. The molecule has 1 amide bonds. The molecule has 5 nitrogen and oxygen atoms in total. The van der Waals surface area contributed by atoms with Gasteiger partial charge in [0.1, 0.15) is 0 Å². The molecule has 1 aromatic heterocycles. The number of aromatic nitrogens is 3. The summed E-state index contributed by atoms with van der Waals surface area (Å²) in [6.07, 6.45) is 0. The molecular formula is C23H28N4OS. The predicted octanol–water partition coefficient (Wildman–Crippen LogP) is 4.85. The van der Waals surface area contributed by atoms with Crippen molar-refractivity contribution in [1.29, 1.82) is 0 Å². The topological polar surface area (TPSA) is 59.8 Å². The maximum absolute atomic E-state index is 12.7. The van der Waals surface area contributed by atoms with E-state index in [0.29, 0.717) is 5.56 Å². The van der Waals surface area contributed by atoms with Crippen LogP contribution >= 0.6 is 11.8 Å². The van der Waals surface area contributed by atoms with Crippen molar-refractivity contribution in [2.75, 3.05) is 0 Å². The molecular weight excluding hydrogens is 380 g/mol. The molecule has 3 rings (SSSR count). The van der Waals surface area contributed by atoms with Crippen molar-refractivity contribution in [2.45, 2.75) is 44.6 Å². The van der Waals surface area contributed by atoms with Crippen molar-refractivity contribution < 1.29 is 4.79 Å². The molecule has 1 unspecified atom stereocenters. The highest BCUT2D eigenvalue weighted by Crippen LogP contribution is 2.26. The van der Waals surface area contributed by atoms with Crippen LogP contribution in [0.5, 0.6) is 0 Å². The van der Waals surface area contributed by atoms with Gasteiger partial charge in [-0.15, -0.1) is 10.2 Å². The van der Waals surface area contributed by atoms with Gasteiger partial charge in [0.25, 0.3) is 5.91 Å². The first kappa shape index (κ1) is 21.1. The molecule has 0 spiro atoms. The van der Waals surface area contributed by atoms with E-state index in [-0.39, 0.29) is 17.9 Å². The van der Waals surface area contributed by atoms with Crippen molar-refractivity contribution in [3.8, 4) is 0 Å². The second-order valence-electron chi connectivity index (χ2n) is 7.74. The second-order valence-corrected chi connectivity index (χ2v) is 8.68. The van der Waals surface area contributed by atoms with Gasteiger partial charge in [-0.05, 0) is 37.5 Å². The van der Waals surface area contributed by atoms with Gasteiger partial charge in [0.15, 0.2) is 11.0 Å². The zero-order valence-electron chi connectivity index (χ0n) is 17.6. The van der Waals surface area contributed by atoms with E-state index in [1.54, 1.807) is 11.8 Å². The van der Waals surface area contributed by atoms with E-state index in [9.17, 15) is 4.79 Å². The fourth-order valence-electron chi connectivity index (χ4n) is 3.01. The molecule has 29 heavy (non-hydrogen) atoms. The largest absolute Gasteiger partial charge is 0.342 e. The van der Waals surface area contributed by atoms with E-state index in [1.807, 2.05) is 42.8 Å². The minimum absolute atomic E-state index is 0.0967. The lowest BCUT2D eigenvalue weighted by Gasteiger charge is -2.21. The van der Waals surface area contributed by atoms with Crippen molar-refractivity contribution in [2.24, 2.45) is 13.0 Å². The summed E-state index contributed by atoms with van der Waals surface area (Å²) in [5.41, 5.74) is 4.28. The Kier molecular flexibility index (Phi) is 6.75. The first-order valence-corrected chi connectivity index (χ1v) is 10.8. The molecule has 0 saturated heterocycles. The van der Waals surface area contributed by atoms with Crippen LogP contribution in [-0.4, -0.2) is 20.7 Å². The van der Waals surface area contributed by atoms with Crippen LogP contribution in [-0.2, 0) is 12.8 Å². The number of rotatable bonds is 7. The van der Waals surface area contributed by atoms with Crippen molar-refractivity contribution in [3.05, 3.63) is 76.6 Å². The second kappa shape index (κ2) is 9.27. The highest BCUT2D eigenvalue weighted by Gasteiger charge is 2.25. The van der Waals surface area contributed by atoms with Crippen LogP contribution in [0.3, 0.4) is 0 Å². The molecule has 3 aromatic rings. The number of benzene rings is 2. The van der Waals surface area contributed by atoms with Gasteiger partial charge in [-0.1, -0.05) is 73.1 Å². The third-order valence-electron chi connectivity index (χ3n) is 4.90. The Hall–Kier alpha value is -2.60. The van der Waals surface area contributed by atoms with Gasteiger partial charge in [0.2, 0.25) is 0 Å². The number of thioether (sulfide) groups is 1. The smallest absolute Gasteiger partial charge is 0.251 e. The van der Waals surface area contributed by atoms with Gasteiger partial charge < -0.3 is 9.88 Å². The van der Waals surface area contributed by atoms with Crippen LogP contribution in [0.1, 0.15) is 52.8 Å². The number of aryl methyl sites for hydroxylation is 2. The Morgan fingerprint density at radius 3 is 2.17 bits per heavy atom. The van der Waals surface area contributed by atoms with E-state index in [2.05, 4.69) is 60.6 Å². The average Bonchev–Trinajstić information content (AvgIpc) is 3.06. The molecule has 0 aliphatic heterocycles. The summed E-state index contributed by atoms with van der Waals surface area (Å²) in [7, 11) is 1.96. The summed E-state index contributed by atoms with van der Waals surface area (Å²) in [5, 5.41) is 12.7. The van der Waals surface area contributed by atoms with Gasteiger partial charge in [-0.25, -0.2) is 0 Å². The number of carbonyl (C=O) groups excluding carboxylic acids is 1. The fraction of sp³-hybridized carbons (Fsp3) is 0.348. The Morgan fingerprint density at radius 2 is 1.59 bits per heavy atom. The molecule has 1 N–H and O–H groups in total. The van der Waals surface area contributed by atoms with Gasteiger partial charge in [0, 0.05) is 18.4 Å². The molecule has 2 aromatic carbocycles. The van der Waals surface area contributed by atoms with Crippen LogP contribution in [0.4, 0.5) is 0 Å². The maximum atomic E-state index is 12.7. The van der Waals surface area contributed by atoms with Crippen molar-refractivity contribution >= 4 is 17.7 Å². The highest BCUT2D eigenvalue weighted by molar-refractivity contribution is 7.98. The standard InChI is InChI=1S/C23H28N4OS/c1-15(2)20(24-22(28)19-12-8-17(4)9-13-19)21-25-26-23(27(21)5)29-14-18-10-6-16(3)7-11-18/h6-13,15,20H,14H2,1-5H3,(H,24,28). The average molecular weight is 409 g/mol. The zero-order valence-corrected chi connectivity index (χ0v) is 18.5. The number of hydrogen-bond donors (Lipinski definition) is 1. The maximum Gasteiger partial charge on any atom is 0.251 e. The SMILES string of the molecule is Cc1ccc(CSc2nnc(C(NC(=O)c3ccc(C)cc3)C(C)C)n2C)cc1. The lowest BCUT2D eigenvalue weighted by molar-refractivity contribution is 0.0922. The third-order valence-corrected chi connectivity index (χ3v) is 5.99. The van der Waals surface area contributed by atoms with Gasteiger partial charge in [-0.2, -0.15) is 0 Å². The van der Waals surface area contributed by atoms with Crippen LogP contribution < -0.4 is 5.32 Å². The van der Waals surface area contributed by atoms with Gasteiger partial charge >= 0.3 is 0 Å². The summed E-state index contributed by atoms with van der Waals surface area (Å²) in [6.45, 7) is 8.25. The van der Waals surface area contributed by atoms with Gasteiger partial charge in [-0.3, -0.25) is 4.79 Å². The highest BCUT2D eigenvalue weighted by atomic mass is 32.2. The van der Waals surface area contributed by atoms with Gasteiger partial charge in [0.05, 0.1) is 6.04 Å². The Labute approximate surface area is 176 Å². The van der Waals surface area contributed by atoms with E-state index < -0.39 is 0 Å². The third kappa shape index (κ3) is 5.26. The zero-order chi connectivity index (χ0) is 21.0. The van der Waals surface area contributed by atoms with E-state index >= 15 is 0 Å².